The molecule has 116 valence electrons. The molecule has 1 amide bonds. The van der Waals surface area contributed by atoms with Crippen LogP contribution in [-0.4, -0.2) is 18.6 Å². The average Bonchev–Trinajstić information content (AvgIpc) is 2.92. The van der Waals surface area contributed by atoms with Gasteiger partial charge >= 0.3 is 0 Å². The van der Waals surface area contributed by atoms with Crippen molar-refractivity contribution in [3.8, 4) is 5.75 Å². The van der Waals surface area contributed by atoms with Crippen LogP contribution in [-0.2, 0) is 4.79 Å². The standard InChI is InChI=1S/C17H26N2O2/c1-3-15(14-7-5-6-8-16(14)21-4-2)19-17(20)12-9-10-13(18)11-12/h5-8,12-13,15H,3-4,9-11,18H2,1-2H3,(H,19,20). The van der Waals surface area contributed by atoms with Crippen molar-refractivity contribution >= 4 is 5.91 Å². The highest BCUT2D eigenvalue weighted by Gasteiger charge is 2.29. The van der Waals surface area contributed by atoms with Gasteiger partial charge in [-0.3, -0.25) is 4.79 Å². The van der Waals surface area contributed by atoms with Gasteiger partial charge in [0.1, 0.15) is 5.75 Å². The molecule has 4 nitrogen and oxygen atoms in total. The molecule has 21 heavy (non-hydrogen) atoms. The molecule has 0 radical (unpaired) electrons. The van der Waals surface area contributed by atoms with Crippen LogP contribution in [0.1, 0.15) is 51.1 Å². The smallest absolute Gasteiger partial charge is 0.223 e. The monoisotopic (exact) mass is 290 g/mol. The van der Waals surface area contributed by atoms with E-state index in [-0.39, 0.29) is 23.9 Å². The fourth-order valence-electron chi connectivity index (χ4n) is 3.00. The first-order valence-corrected chi connectivity index (χ1v) is 7.93. The summed E-state index contributed by atoms with van der Waals surface area (Å²) in [6.07, 6.45) is 3.49. The summed E-state index contributed by atoms with van der Waals surface area (Å²) in [4.78, 5) is 12.4. The summed E-state index contributed by atoms with van der Waals surface area (Å²) in [5, 5.41) is 3.17. The van der Waals surface area contributed by atoms with Gasteiger partial charge in [0.05, 0.1) is 12.6 Å². The molecule has 1 fully saturated rings. The topological polar surface area (TPSA) is 64.3 Å². The Balaban J connectivity index is 2.07. The SMILES string of the molecule is CCOc1ccccc1C(CC)NC(=O)C1CCC(N)C1. The van der Waals surface area contributed by atoms with Gasteiger partial charge in [0.25, 0.3) is 0 Å². The number of carbonyl (C=O) groups is 1. The maximum atomic E-state index is 12.4. The molecule has 0 bridgehead atoms. The summed E-state index contributed by atoms with van der Waals surface area (Å²) >= 11 is 0. The average molecular weight is 290 g/mol. The Hall–Kier alpha value is -1.55. The maximum Gasteiger partial charge on any atom is 0.223 e. The zero-order chi connectivity index (χ0) is 15.2. The van der Waals surface area contributed by atoms with Crippen LogP contribution in [0.4, 0.5) is 0 Å². The van der Waals surface area contributed by atoms with Crippen molar-refractivity contribution in [1.29, 1.82) is 0 Å². The Morgan fingerprint density at radius 2 is 2.14 bits per heavy atom. The number of hydrogen-bond acceptors (Lipinski definition) is 3. The molecule has 0 saturated heterocycles. The second kappa shape index (κ2) is 7.46. The summed E-state index contributed by atoms with van der Waals surface area (Å²) in [5.41, 5.74) is 6.95. The molecule has 1 aromatic rings. The predicted molar refractivity (Wildman–Crippen MR) is 84.1 cm³/mol. The predicted octanol–water partition coefficient (Wildman–Crippen LogP) is 2.78. The van der Waals surface area contributed by atoms with E-state index in [2.05, 4.69) is 12.2 Å². The minimum Gasteiger partial charge on any atom is -0.494 e. The first-order valence-electron chi connectivity index (χ1n) is 7.93. The van der Waals surface area contributed by atoms with Crippen LogP contribution in [0.5, 0.6) is 5.75 Å². The minimum absolute atomic E-state index is 0.00271. The van der Waals surface area contributed by atoms with E-state index in [1.54, 1.807) is 0 Å². The molecule has 0 spiro atoms. The molecule has 1 aliphatic carbocycles. The quantitative estimate of drug-likeness (QED) is 0.846. The highest BCUT2D eigenvalue weighted by atomic mass is 16.5. The number of rotatable bonds is 6. The third-order valence-corrected chi connectivity index (χ3v) is 4.16. The van der Waals surface area contributed by atoms with Crippen LogP contribution in [0.15, 0.2) is 24.3 Å². The van der Waals surface area contributed by atoms with E-state index < -0.39 is 0 Å². The van der Waals surface area contributed by atoms with Crippen LogP contribution < -0.4 is 15.8 Å². The Labute approximate surface area is 127 Å². The van der Waals surface area contributed by atoms with Crippen LogP contribution >= 0.6 is 0 Å². The van der Waals surface area contributed by atoms with Gasteiger partial charge in [0.15, 0.2) is 0 Å². The molecule has 3 atom stereocenters. The Morgan fingerprint density at radius 3 is 2.76 bits per heavy atom. The molecule has 3 N–H and O–H groups in total. The largest absolute Gasteiger partial charge is 0.494 e. The zero-order valence-electron chi connectivity index (χ0n) is 13.0. The molecule has 0 heterocycles. The molecule has 2 rings (SSSR count). The first kappa shape index (κ1) is 15.8. The molecular formula is C17H26N2O2. The fraction of sp³-hybridized carbons (Fsp3) is 0.588. The van der Waals surface area contributed by atoms with Gasteiger partial charge < -0.3 is 15.8 Å². The van der Waals surface area contributed by atoms with Crippen molar-refractivity contribution in [3.63, 3.8) is 0 Å². The van der Waals surface area contributed by atoms with Crippen LogP contribution in [0.3, 0.4) is 0 Å². The van der Waals surface area contributed by atoms with Crippen molar-refractivity contribution in [2.45, 2.75) is 51.6 Å². The van der Waals surface area contributed by atoms with Crippen LogP contribution in [0.25, 0.3) is 0 Å². The number of benzene rings is 1. The second-order valence-electron chi connectivity index (χ2n) is 5.71. The van der Waals surface area contributed by atoms with E-state index in [0.717, 1.165) is 37.0 Å². The lowest BCUT2D eigenvalue weighted by Gasteiger charge is -2.22. The molecule has 4 heteroatoms. The van der Waals surface area contributed by atoms with E-state index in [0.29, 0.717) is 6.61 Å². The van der Waals surface area contributed by atoms with E-state index in [9.17, 15) is 4.79 Å². The lowest BCUT2D eigenvalue weighted by atomic mass is 10.0. The lowest BCUT2D eigenvalue weighted by molar-refractivity contribution is -0.125. The normalized spacial score (nSPS) is 22.8. The molecule has 1 aromatic carbocycles. The van der Waals surface area contributed by atoms with Gasteiger partial charge in [-0.1, -0.05) is 25.1 Å². The number of amides is 1. The lowest BCUT2D eigenvalue weighted by Crippen LogP contribution is -2.33. The van der Waals surface area contributed by atoms with Gasteiger partial charge in [-0.25, -0.2) is 0 Å². The highest BCUT2D eigenvalue weighted by Crippen LogP contribution is 2.29. The van der Waals surface area contributed by atoms with E-state index in [4.69, 9.17) is 10.5 Å². The number of ether oxygens (including phenoxy) is 1. The number of carbonyl (C=O) groups excluding carboxylic acids is 1. The molecule has 1 aliphatic rings. The van der Waals surface area contributed by atoms with E-state index in [1.807, 2.05) is 31.2 Å². The van der Waals surface area contributed by atoms with Crippen molar-refractivity contribution in [3.05, 3.63) is 29.8 Å². The first-order chi connectivity index (χ1) is 10.2. The van der Waals surface area contributed by atoms with Gasteiger partial charge in [0.2, 0.25) is 5.91 Å². The number of hydrogen-bond donors (Lipinski definition) is 2. The summed E-state index contributed by atoms with van der Waals surface area (Å²) in [6.45, 7) is 4.67. The van der Waals surface area contributed by atoms with Crippen molar-refractivity contribution < 1.29 is 9.53 Å². The molecule has 1 saturated carbocycles. The zero-order valence-corrected chi connectivity index (χ0v) is 13.0. The third-order valence-electron chi connectivity index (χ3n) is 4.16. The Morgan fingerprint density at radius 1 is 1.38 bits per heavy atom. The van der Waals surface area contributed by atoms with Gasteiger partial charge in [-0.2, -0.15) is 0 Å². The Kier molecular flexibility index (Phi) is 5.62. The Bertz CT molecular complexity index is 476. The maximum absolute atomic E-state index is 12.4. The highest BCUT2D eigenvalue weighted by molar-refractivity contribution is 5.79. The van der Waals surface area contributed by atoms with Crippen LogP contribution in [0.2, 0.25) is 0 Å². The molecule has 0 aromatic heterocycles. The second-order valence-corrected chi connectivity index (χ2v) is 5.71. The van der Waals surface area contributed by atoms with E-state index in [1.165, 1.54) is 0 Å². The summed E-state index contributed by atoms with van der Waals surface area (Å²) in [5.74, 6) is 1.05. The van der Waals surface area contributed by atoms with Gasteiger partial charge in [-0.05, 0) is 38.7 Å². The number of nitrogens with one attached hydrogen (secondary N) is 1. The molecule has 3 unspecified atom stereocenters. The van der Waals surface area contributed by atoms with Gasteiger partial charge in [0, 0.05) is 17.5 Å². The summed E-state index contributed by atoms with van der Waals surface area (Å²) in [6, 6.07) is 8.10. The van der Waals surface area contributed by atoms with E-state index >= 15 is 0 Å². The van der Waals surface area contributed by atoms with Crippen LogP contribution in [0, 0.1) is 5.92 Å². The minimum atomic E-state index is -0.00271. The number of para-hydroxylation sites is 1. The fourth-order valence-corrected chi connectivity index (χ4v) is 3.00. The summed E-state index contributed by atoms with van der Waals surface area (Å²) in [7, 11) is 0. The molecular weight excluding hydrogens is 264 g/mol. The van der Waals surface area contributed by atoms with Crippen molar-refractivity contribution in [1.82, 2.24) is 5.32 Å². The van der Waals surface area contributed by atoms with Crippen molar-refractivity contribution in [2.75, 3.05) is 6.61 Å². The molecule has 0 aliphatic heterocycles. The van der Waals surface area contributed by atoms with Crippen molar-refractivity contribution in [2.24, 2.45) is 11.7 Å². The third kappa shape index (κ3) is 3.97. The van der Waals surface area contributed by atoms with Gasteiger partial charge in [-0.15, -0.1) is 0 Å². The summed E-state index contributed by atoms with van der Waals surface area (Å²) < 4.78 is 5.67. The number of nitrogens with two attached hydrogens (primary N) is 1.